The van der Waals surface area contributed by atoms with Crippen LogP contribution in [-0.4, -0.2) is 9.78 Å². The van der Waals surface area contributed by atoms with Crippen molar-refractivity contribution in [2.75, 3.05) is 5.32 Å². The Morgan fingerprint density at radius 1 is 1.29 bits per heavy atom. The van der Waals surface area contributed by atoms with Crippen molar-refractivity contribution >= 4 is 16.7 Å². The van der Waals surface area contributed by atoms with Crippen LogP contribution in [0.15, 0.2) is 41.1 Å². The molecule has 0 aliphatic carbocycles. The second kappa shape index (κ2) is 6.04. The van der Waals surface area contributed by atoms with Crippen molar-refractivity contribution in [2.24, 2.45) is 7.05 Å². The number of aromatic nitrogens is 2. The van der Waals surface area contributed by atoms with Crippen molar-refractivity contribution in [1.29, 1.82) is 0 Å². The largest absolute Gasteiger partial charge is 0.461 e. The molecule has 3 rings (SSSR count). The number of benzene rings is 1. The van der Waals surface area contributed by atoms with Crippen LogP contribution in [0.4, 0.5) is 5.69 Å². The van der Waals surface area contributed by atoms with E-state index in [-0.39, 0.29) is 0 Å². The van der Waals surface area contributed by atoms with E-state index in [1.54, 1.807) is 4.68 Å². The predicted octanol–water partition coefficient (Wildman–Crippen LogP) is 4.12. The van der Waals surface area contributed by atoms with E-state index in [0.29, 0.717) is 0 Å². The van der Waals surface area contributed by atoms with Gasteiger partial charge < -0.3 is 9.73 Å². The van der Waals surface area contributed by atoms with Gasteiger partial charge in [0.25, 0.3) is 0 Å². The minimum Gasteiger partial charge on any atom is -0.461 e. The molecule has 2 heterocycles. The van der Waals surface area contributed by atoms with Crippen LogP contribution in [0.2, 0.25) is 0 Å². The van der Waals surface area contributed by atoms with Crippen molar-refractivity contribution in [1.82, 2.24) is 9.78 Å². The van der Waals surface area contributed by atoms with Crippen LogP contribution in [0.1, 0.15) is 31.1 Å². The number of furan rings is 1. The van der Waals surface area contributed by atoms with Crippen molar-refractivity contribution in [2.45, 2.75) is 32.7 Å². The summed E-state index contributed by atoms with van der Waals surface area (Å²) < 4.78 is 7.83. The molecule has 4 heteroatoms. The quantitative estimate of drug-likeness (QED) is 0.740. The molecule has 4 nitrogen and oxygen atoms in total. The summed E-state index contributed by atoms with van der Waals surface area (Å²) in [5, 5.41) is 8.82. The molecule has 0 saturated carbocycles. The fraction of sp³-hybridized carbons (Fsp3) is 0.353. The maximum Gasteiger partial charge on any atom is 0.134 e. The van der Waals surface area contributed by atoms with Gasteiger partial charge in [0.1, 0.15) is 11.3 Å². The van der Waals surface area contributed by atoms with Crippen molar-refractivity contribution in [3.63, 3.8) is 0 Å². The minimum absolute atomic E-state index is 0.766. The number of aryl methyl sites for hydroxylation is 2. The summed E-state index contributed by atoms with van der Waals surface area (Å²) in [4.78, 5) is 0. The molecule has 1 aromatic carbocycles. The molecule has 0 aliphatic heterocycles. The third-order valence-corrected chi connectivity index (χ3v) is 3.71. The third-order valence-electron chi connectivity index (χ3n) is 3.71. The molecule has 0 unspecified atom stereocenters. The summed E-state index contributed by atoms with van der Waals surface area (Å²) in [6.07, 6.45) is 7.14. The average molecular weight is 283 g/mol. The number of nitrogens with one attached hydrogen (secondary N) is 1. The average Bonchev–Trinajstić information content (AvgIpc) is 3.06. The molecule has 21 heavy (non-hydrogen) atoms. The Kier molecular flexibility index (Phi) is 3.95. The number of fused-ring (bicyclic) bond motifs is 1. The summed E-state index contributed by atoms with van der Waals surface area (Å²) in [5.41, 5.74) is 3.28. The van der Waals surface area contributed by atoms with E-state index in [2.05, 4.69) is 29.5 Å². The molecule has 0 fully saturated rings. The molecule has 2 aromatic heterocycles. The van der Waals surface area contributed by atoms with Gasteiger partial charge in [0.05, 0.1) is 11.9 Å². The van der Waals surface area contributed by atoms with E-state index in [1.807, 2.05) is 31.6 Å². The predicted molar refractivity (Wildman–Crippen MR) is 85.4 cm³/mol. The molecule has 110 valence electrons. The molecule has 0 bridgehead atoms. The summed E-state index contributed by atoms with van der Waals surface area (Å²) in [7, 11) is 1.92. The molecule has 0 spiro atoms. The van der Waals surface area contributed by atoms with Gasteiger partial charge in [-0.15, -0.1) is 0 Å². The van der Waals surface area contributed by atoms with Crippen LogP contribution in [-0.2, 0) is 20.0 Å². The van der Waals surface area contributed by atoms with E-state index in [1.165, 1.54) is 17.4 Å². The first-order valence-electron chi connectivity index (χ1n) is 7.49. The van der Waals surface area contributed by atoms with Gasteiger partial charge in [-0.3, -0.25) is 4.68 Å². The fourth-order valence-electron chi connectivity index (χ4n) is 2.59. The van der Waals surface area contributed by atoms with Gasteiger partial charge in [-0.05, 0) is 12.5 Å². The Balaban J connectivity index is 1.87. The summed E-state index contributed by atoms with van der Waals surface area (Å²) in [6, 6.07) is 8.26. The van der Waals surface area contributed by atoms with Gasteiger partial charge in [-0.25, -0.2) is 0 Å². The van der Waals surface area contributed by atoms with E-state index < -0.39 is 0 Å². The van der Waals surface area contributed by atoms with Gasteiger partial charge in [-0.1, -0.05) is 31.5 Å². The van der Waals surface area contributed by atoms with Gasteiger partial charge in [-0.2, -0.15) is 5.10 Å². The van der Waals surface area contributed by atoms with E-state index >= 15 is 0 Å². The number of para-hydroxylation sites is 1. The second-order valence-corrected chi connectivity index (χ2v) is 5.36. The zero-order valence-corrected chi connectivity index (χ0v) is 12.6. The maximum atomic E-state index is 6.03. The Morgan fingerprint density at radius 2 is 2.14 bits per heavy atom. The van der Waals surface area contributed by atoms with Crippen LogP contribution < -0.4 is 5.32 Å². The molecule has 0 amide bonds. The highest BCUT2D eigenvalue weighted by atomic mass is 16.3. The maximum absolute atomic E-state index is 6.03. The van der Waals surface area contributed by atoms with E-state index in [4.69, 9.17) is 4.42 Å². The van der Waals surface area contributed by atoms with Crippen molar-refractivity contribution in [3.05, 3.63) is 48.0 Å². The van der Waals surface area contributed by atoms with Crippen LogP contribution in [0.3, 0.4) is 0 Å². The zero-order valence-electron chi connectivity index (χ0n) is 12.6. The monoisotopic (exact) mass is 283 g/mol. The van der Waals surface area contributed by atoms with Crippen LogP contribution >= 0.6 is 0 Å². The normalized spacial score (nSPS) is 11.1. The molecule has 0 atom stereocenters. The summed E-state index contributed by atoms with van der Waals surface area (Å²) in [5.74, 6) is 1.11. The Hall–Kier alpha value is -2.23. The molecule has 3 aromatic rings. The highest BCUT2D eigenvalue weighted by molar-refractivity contribution is 5.82. The Labute approximate surface area is 124 Å². The van der Waals surface area contributed by atoms with Crippen LogP contribution in [0.5, 0.6) is 0 Å². The lowest BCUT2D eigenvalue weighted by Gasteiger charge is -2.05. The highest BCUT2D eigenvalue weighted by Gasteiger charge is 2.13. The summed E-state index contributed by atoms with van der Waals surface area (Å²) >= 11 is 0. The number of unbranched alkanes of at least 4 members (excludes halogenated alkanes) is 1. The Bertz CT molecular complexity index is 727. The third kappa shape index (κ3) is 2.94. The lowest BCUT2D eigenvalue weighted by atomic mass is 10.1. The molecular formula is C17H21N3O. The standard InChI is InChI=1S/C17H21N3O/c1-3-4-8-17-15(11-18-13-10-19-20(2)12-13)14-7-5-6-9-16(14)21-17/h5-7,9-10,12,18H,3-4,8,11H2,1-2H3. The zero-order chi connectivity index (χ0) is 14.7. The van der Waals surface area contributed by atoms with Crippen molar-refractivity contribution < 1.29 is 4.42 Å². The molecule has 0 saturated heterocycles. The lowest BCUT2D eigenvalue weighted by molar-refractivity contribution is 0.531. The molecule has 1 N–H and O–H groups in total. The highest BCUT2D eigenvalue weighted by Crippen LogP contribution is 2.27. The van der Waals surface area contributed by atoms with E-state index in [9.17, 15) is 0 Å². The number of hydrogen-bond donors (Lipinski definition) is 1. The number of hydrogen-bond acceptors (Lipinski definition) is 3. The molecule has 0 aliphatic rings. The molecular weight excluding hydrogens is 262 g/mol. The van der Waals surface area contributed by atoms with Gasteiger partial charge in [0.2, 0.25) is 0 Å². The van der Waals surface area contributed by atoms with Crippen LogP contribution in [0.25, 0.3) is 11.0 Å². The minimum atomic E-state index is 0.766. The van der Waals surface area contributed by atoms with E-state index in [0.717, 1.165) is 36.4 Å². The number of nitrogens with zero attached hydrogens (tertiary/aromatic N) is 2. The van der Waals surface area contributed by atoms with Gasteiger partial charge in [0, 0.05) is 37.2 Å². The topological polar surface area (TPSA) is 43.0 Å². The van der Waals surface area contributed by atoms with Crippen molar-refractivity contribution in [3.8, 4) is 0 Å². The first-order valence-corrected chi connectivity index (χ1v) is 7.49. The summed E-state index contributed by atoms with van der Waals surface area (Å²) in [6.45, 7) is 2.97. The van der Waals surface area contributed by atoms with Gasteiger partial charge >= 0.3 is 0 Å². The second-order valence-electron chi connectivity index (χ2n) is 5.36. The first-order chi connectivity index (χ1) is 10.3. The SMILES string of the molecule is CCCCc1oc2ccccc2c1CNc1cnn(C)c1. The first kappa shape index (κ1) is 13.7. The molecule has 0 radical (unpaired) electrons. The Morgan fingerprint density at radius 3 is 2.90 bits per heavy atom. The number of rotatable bonds is 6. The lowest BCUT2D eigenvalue weighted by Crippen LogP contribution is -2.01. The number of anilines is 1. The van der Waals surface area contributed by atoms with Gasteiger partial charge in [0.15, 0.2) is 0 Å². The van der Waals surface area contributed by atoms with Crippen LogP contribution in [0, 0.1) is 0 Å². The fourth-order valence-corrected chi connectivity index (χ4v) is 2.59. The smallest absolute Gasteiger partial charge is 0.134 e.